The number of amides is 2. The van der Waals surface area contributed by atoms with Gasteiger partial charge in [-0.2, -0.15) is 0 Å². The van der Waals surface area contributed by atoms with Crippen LogP contribution in [-0.4, -0.2) is 47.3 Å². The van der Waals surface area contributed by atoms with Crippen LogP contribution in [-0.2, 0) is 22.4 Å². The largest absolute Gasteiger partial charge is 0.341 e. The summed E-state index contributed by atoms with van der Waals surface area (Å²) in [5.41, 5.74) is 3.95. The van der Waals surface area contributed by atoms with E-state index in [4.69, 9.17) is 11.6 Å². The molecular weight excluding hydrogens is 384 g/mol. The molecule has 4 rings (SSSR count). The molecule has 0 aromatic heterocycles. The molecular formula is C24H33ClN2O2. The van der Waals surface area contributed by atoms with Gasteiger partial charge in [0, 0.05) is 31.1 Å². The summed E-state index contributed by atoms with van der Waals surface area (Å²) in [6.07, 6.45) is 9.83. The zero-order valence-corrected chi connectivity index (χ0v) is 18.3. The zero-order chi connectivity index (χ0) is 20.4. The number of hydrogen-bond donors (Lipinski definition) is 0. The van der Waals surface area contributed by atoms with Gasteiger partial charge < -0.3 is 9.80 Å². The van der Waals surface area contributed by atoms with Gasteiger partial charge in [-0.1, -0.05) is 17.7 Å². The Morgan fingerprint density at radius 2 is 1.90 bits per heavy atom. The quantitative estimate of drug-likeness (QED) is 0.707. The number of likely N-dealkylation sites (tertiary alicyclic amines) is 2. The van der Waals surface area contributed by atoms with Gasteiger partial charge in [0.15, 0.2) is 0 Å². The van der Waals surface area contributed by atoms with Gasteiger partial charge in [-0.25, -0.2) is 0 Å². The van der Waals surface area contributed by atoms with Crippen molar-refractivity contribution in [2.24, 2.45) is 5.92 Å². The maximum Gasteiger partial charge on any atom is 0.245 e. The molecule has 0 bridgehead atoms. The summed E-state index contributed by atoms with van der Waals surface area (Å²) in [5, 5.41) is 0.913. The van der Waals surface area contributed by atoms with Crippen LogP contribution in [0.5, 0.6) is 0 Å². The Morgan fingerprint density at radius 1 is 1.10 bits per heavy atom. The Hall–Kier alpha value is -1.55. The van der Waals surface area contributed by atoms with E-state index in [9.17, 15) is 9.59 Å². The van der Waals surface area contributed by atoms with Crippen molar-refractivity contribution >= 4 is 23.4 Å². The number of carbonyl (C=O) groups excluding carboxylic acids is 2. The van der Waals surface area contributed by atoms with Crippen molar-refractivity contribution in [3.63, 3.8) is 0 Å². The molecule has 4 nitrogen and oxygen atoms in total. The van der Waals surface area contributed by atoms with Crippen LogP contribution in [0.4, 0.5) is 0 Å². The molecule has 3 aliphatic rings. The number of carbonyl (C=O) groups is 2. The van der Waals surface area contributed by atoms with Crippen molar-refractivity contribution in [1.29, 1.82) is 0 Å². The molecule has 2 aliphatic heterocycles. The van der Waals surface area contributed by atoms with Crippen molar-refractivity contribution < 1.29 is 9.59 Å². The molecule has 5 heteroatoms. The maximum atomic E-state index is 12.8. The summed E-state index contributed by atoms with van der Waals surface area (Å²) < 4.78 is 0. The van der Waals surface area contributed by atoms with E-state index in [0.29, 0.717) is 12.3 Å². The van der Waals surface area contributed by atoms with E-state index < -0.39 is 0 Å². The fourth-order valence-electron chi connectivity index (χ4n) is 5.47. The molecule has 1 aliphatic carbocycles. The Balaban J connectivity index is 1.27. The van der Waals surface area contributed by atoms with Crippen LogP contribution in [0.25, 0.3) is 0 Å². The molecule has 0 spiro atoms. The number of rotatable bonds is 5. The van der Waals surface area contributed by atoms with Crippen molar-refractivity contribution in [3.05, 3.63) is 33.8 Å². The first-order valence-corrected chi connectivity index (χ1v) is 11.8. The predicted octanol–water partition coefficient (Wildman–Crippen LogP) is 4.54. The van der Waals surface area contributed by atoms with Crippen molar-refractivity contribution in [2.75, 3.05) is 19.6 Å². The number of aryl methyl sites for hydroxylation is 1. The molecule has 2 fully saturated rings. The topological polar surface area (TPSA) is 40.6 Å². The molecule has 0 radical (unpaired) electrons. The Morgan fingerprint density at radius 3 is 2.69 bits per heavy atom. The van der Waals surface area contributed by atoms with E-state index in [2.05, 4.69) is 19.1 Å². The molecule has 1 unspecified atom stereocenters. The number of hydrogen-bond acceptors (Lipinski definition) is 2. The van der Waals surface area contributed by atoms with E-state index in [1.165, 1.54) is 16.7 Å². The van der Waals surface area contributed by atoms with Gasteiger partial charge in [0.25, 0.3) is 0 Å². The van der Waals surface area contributed by atoms with Crippen LogP contribution >= 0.6 is 11.6 Å². The lowest BCUT2D eigenvalue weighted by molar-refractivity contribution is -0.143. The highest BCUT2D eigenvalue weighted by atomic mass is 35.5. The molecule has 1 aromatic rings. The van der Waals surface area contributed by atoms with E-state index in [0.717, 1.165) is 82.4 Å². The molecule has 29 heavy (non-hydrogen) atoms. The van der Waals surface area contributed by atoms with Crippen LogP contribution in [0.2, 0.25) is 5.02 Å². The van der Waals surface area contributed by atoms with Gasteiger partial charge >= 0.3 is 0 Å². The molecule has 2 atom stereocenters. The molecule has 158 valence electrons. The van der Waals surface area contributed by atoms with E-state index in [1.54, 1.807) is 0 Å². The summed E-state index contributed by atoms with van der Waals surface area (Å²) in [5.74, 6) is 0.994. The van der Waals surface area contributed by atoms with Crippen LogP contribution < -0.4 is 0 Å². The van der Waals surface area contributed by atoms with Crippen LogP contribution in [0, 0.1) is 12.8 Å². The van der Waals surface area contributed by atoms with E-state index in [-0.39, 0.29) is 17.9 Å². The first-order valence-electron chi connectivity index (χ1n) is 11.4. The highest BCUT2D eigenvalue weighted by Crippen LogP contribution is 2.34. The van der Waals surface area contributed by atoms with Crippen LogP contribution in [0.3, 0.4) is 0 Å². The second-order valence-electron chi connectivity index (χ2n) is 9.16. The van der Waals surface area contributed by atoms with Gasteiger partial charge in [0.1, 0.15) is 6.04 Å². The molecule has 2 saturated heterocycles. The first kappa shape index (κ1) is 20.7. The summed E-state index contributed by atoms with van der Waals surface area (Å²) in [7, 11) is 0. The minimum absolute atomic E-state index is 0.176. The van der Waals surface area contributed by atoms with Crippen molar-refractivity contribution in [2.45, 2.75) is 77.2 Å². The Bertz CT molecular complexity index is 772. The SMILES string of the molecule is Cc1cc(Cl)c2c(c1)CC(CCCC(=O)N1CCC[C@H]1C(=O)N1CCCC1)CC2. The summed E-state index contributed by atoms with van der Waals surface area (Å²) in [4.78, 5) is 29.5. The minimum Gasteiger partial charge on any atom is -0.341 e. The number of nitrogens with zero attached hydrogens (tertiary/aromatic N) is 2. The highest BCUT2D eigenvalue weighted by molar-refractivity contribution is 6.31. The van der Waals surface area contributed by atoms with Gasteiger partial charge in [-0.15, -0.1) is 0 Å². The smallest absolute Gasteiger partial charge is 0.245 e. The lowest BCUT2D eigenvalue weighted by Gasteiger charge is -2.28. The molecule has 0 N–H and O–H groups in total. The second kappa shape index (κ2) is 9.07. The average Bonchev–Trinajstić information content (AvgIpc) is 3.39. The number of halogens is 1. The summed E-state index contributed by atoms with van der Waals surface area (Å²) >= 11 is 6.42. The zero-order valence-electron chi connectivity index (χ0n) is 17.6. The summed E-state index contributed by atoms with van der Waals surface area (Å²) in [6, 6.07) is 4.14. The minimum atomic E-state index is -0.202. The standard InChI is InChI=1S/C24H33ClN2O2/c1-17-14-19-16-18(9-10-20(19)21(25)15-17)6-4-8-23(28)27-13-5-7-22(27)24(29)26-11-2-3-12-26/h14-15,18,22H,2-13,16H2,1H3/t18?,22-/m0/s1. The number of fused-ring (bicyclic) bond motifs is 1. The Labute approximate surface area is 179 Å². The molecule has 2 heterocycles. The monoisotopic (exact) mass is 416 g/mol. The second-order valence-corrected chi connectivity index (χ2v) is 9.57. The molecule has 1 aromatic carbocycles. The van der Waals surface area contributed by atoms with Gasteiger partial charge in [0.05, 0.1) is 0 Å². The normalized spacial score (nSPS) is 24.1. The van der Waals surface area contributed by atoms with Crippen LogP contribution in [0.1, 0.15) is 68.1 Å². The van der Waals surface area contributed by atoms with Crippen molar-refractivity contribution in [1.82, 2.24) is 9.80 Å². The number of benzene rings is 1. The third-order valence-corrected chi connectivity index (χ3v) is 7.36. The van der Waals surface area contributed by atoms with Crippen molar-refractivity contribution in [3.8, 4) is 0 Å². The summed E-state index contributed by atoms with van der Waals surface area (Å²) in [6.45, 7) is 4.58. The van der Waals surface area contributed by atoms with Gasteiger partial charge in [0.2, 0.25) is 11.8 Å². The van der Waals surface area contributed by atoms with Crippen LogP contribution in [0.15, 0.2) is 12.1 Å². The third-order valence-electron chi connectivity index (χ3n) is 7.02. The Kier molecular flexibility index (Phi) is 6.48. The van der Waals surface area contributed by atoms with Gasteiger partial charge in [-0.05, 0) is 93.4 Å². The molecule has 2 amide bonds. The fraction of sp³-hybridized carbons (Fsp3) is 0.667. The lowest BCUT2D eigenvalue weighted by Crippen LogP contribution is -2.46. The van der Waals surface area contributed by atoms with E-state index >= 15 is 0 Å². The third kappa shape index (κ3) is 4.63. The maximum absolute atomic E-state index is 12.8. The predicted molar refractivity (Wildman–Crippen MR) is 116 cm³/mol. The lowest BCUT2D eigenvalue weighted by atomic mass is 9.81. The highest BCUT2D eigenvalue weighted by Gasteiger charge is 2.36. The average molecular weight is 417 g/mol. The fourth-order valence-corrected chi connectivity index (χ4v) is 5.86. The van der Waals surface area contributed by atoms with Gasteiger partial charge in [-0.3, -0.25) is 9.59 Å². The first-order chi connectivity index (χ1) is 14.0. The molecule has 0 saturated carbocycles. The van der Waals surface area contributed by atoms with E-state index in [1.807, 2.05) is 9.80 Å².